The molecule has 5 aromatic rings. The van der Waals surface area contributed by atoms with Crippen molar-refractivity contribution in [2.24, 2.45) is 0 Å². The summed E-state index contributed by atoms with van der Waals surface area (Å²) in [7, 11) is 1.05. The number of hydrogen-bond donors (Lipinski definition) is 0. The van der Waals surface area contributed by atoms with Gasteiger partial charge >= 0.3 is 12.4 Å². The zero-order valence-corrected chi connectivity index (χ0v) is 31.7. The summed E-state index contributed by atoms with van der Waals surface area (Å²) >= 11 is 0. The van der Waals surface area contributed by atoms with E-state index in [0.717, 1.165) is 42.5 Å². The number of nitrogens with zero attached hydrogens (tertiary/aromatic N) is 2. The Bertz CT molecular complexity index is 2560. The van der Waals surface area contributed by atoms with Gasteiger partial charge in [-0.1, -0.05) is 48.0 Å². The first-order valence-corrected chi connectivity index (χ1v) is 17.9. The Morgan fingerprint density at radius 3 is 1.47 bits per heavy atom. The van der Waals surface area contributed by atoms with E-state index in [4.69, 9.17) is 9.47 Å². The van der Waals surface area contributed by atoms with Crippen LogP contribution in [0.25, 0.3) is 11.1 Å². The van der Waals surface area contributed by atoms with Crippen molar-refractivity contribution in [2.75, 3.05) is 11.9 Å². The molecular weight excluding hydrogens is 778 g/mol. The number of fused-ring (bicyclic) bond motifs is 1. The van der Waals surface area contributed by atoms with Crippen LogP contribution in [0, 0.1) is 6.92 Å². The molecule has 0 bridgehead atoms. The van der Waals surface area contributed by atoms with Crippen LogP contribution < -0.4 is 14.4 Å². The van der Waals surface area contributed by atoms with Crippen LogP contribution >= 0.6 is 0 Å². The highest BCUT2D eigenvalue weighted by molar-refractivity contribution is 6.33. The summed E-state index contributed by atoms with van der Waals surface area (Å²) in [5.74, 6) is -1.91. The first-order valence-electron chi connectivity index (χ1n) is 17.9. The van der Waals surface area contributed by atoms with Crippen LogP contribution in [0.1, 0.15) is 45.7 Å². The summed E-state index contributed by atoms with van der Waals surface area (Å²) in [4.78, 5) is 53.1. The Hall–Kier alpha value is -6.96. The average molecular weight is 811 g/mol. The predicted molar refractivity (Wildman–Crippen MR) is 205 cm³/mol. The number of imide groups is 2. The molecule has 59 heavy (non-hydrogen) atoms. The van der Waals surface area contributed by atoms with Gasteiger partial charge in [0, 0.05) is 18.2 Å². The molecule has 0 spiro atoms. The van der Waals surface area contributed by atoms with E-state index in [1.165, 1.54) is 24.3 Å². The third-order valence-electron chi connectivity index (χ3n) is 10.3. The molecule has 0 N–H and O–H groups in total. The van der Waals surface area contributed by atoms with Crippen LogP contribution in [0.2, 0.25) is 0 Å². The third kappa shape index (κ3) is 7.04. The normalized spacial score (nSPS) is 15.1. The van der Waals surface area contributed by atoms with Crippen LogP contribution in [-0.2, 0) is 15.0 Å². The molecule has 0 aliphatic carbocycles. The molecule has 8 nitrogen and oxygen atoms in total. The quantitative estimate of drug-likeness (QED) is 0.109. The average Bonchev–Trinajstić information content (AvgIpc) is 3.53. The molecule has 0 atom stereocenters. The Labute approximate surface area is 333 Å². The van der Waals surface area contributed by atoms with Gasteiger partial charge in [0.2, 0.25) is 5.41 Å². The first kappa shape index (κ1) is 40.2. The highest BCUT2D eigenvalue weighted by atomic mass is 19.4. The van der Waals surface area contributed by atoms with E-state index in [2.05, 4.69) is 0 Å². The van der Waals surface area contributed by atoms with Crippen LogP contribution in [0.15, 0.2) is 138 Å². The molecule has 0 fully saturated rings. The fraction of sp³-hybridized carbons (Fsp3) is 0.156. The van der Waals surface area contributed by atoms with Crippen LogP contribution in [0.5, 0.6) is 23.0 Å². The van der Waals surface area contributed by atoms with Crippen molar-refractivity contribution in [3.05, 3.63) is 160 Å². The Balaban J connectivity index is 1.09. The molecule has 0 aromatic heterocycles. The number of carbonyl (C=O) groups is 4. The molecule has 4 amide bonds. The van der Waals surface area contributed by atoms with Crippen molar-refractivity contribution in [1.82, 2.24) is 4.90 Å². The maximum atomic E-state index is 15.0. The molecule has 5 aromatic carbocycles. The van der Waals surface area contributed by atoms with Gasteiger partial charge < -0.3 is 9.47 Å². The second-order valence-electron chi connectivity index (χ2n) is 14.0. The fourth-order valence-electron chi connectivity index (χ4n) is 7.12. The molecule has 14 heteroatoms. The molecule has 2 heterocycles. The largest absolute Gasteiger partial charge is 0.457 e. The van der Waals surface area contributed by atoms with E-state index in [9.17, 15) is 45.5 Å². The van der Waals surface area contributed by atoms with Crippen molar-refractivity contribution in [1.29, 1.82) is 0 Å². The lowest BCUT2D eigenvalue weighted by molar-refractivity contribution is -0.289. The van der Waals surface area contributed by atoms with Crippen molar-refractivity contribution in [3.8, 4) is 34.1 Å². The van der Waals surface area contributed by atoms with Gasteiger partial charge in [-0.2, -0.15) is 26.3 Å². The maximum absolute atomic E-state index is 15.0. The number of halogens is 6. The smallest absolute Gasteiger partial charge is 0.410 e. The number of hydrogen-bond acceptors (Lipinski definition) is 6. The topological polar surface area (TPSA) is 93.2 Å². The lowest BCUT2D eigenvalue weighted by Gasteiger charge is -2.39. The summed E-state index contributed by atoms with van der Waals surface area (Å²) in [5.41, 5.74) is -6.64. The molecular formula is C45H32F6N2O6. The summed E-state index contributed by atoms with van der Waals surface area (Å²) in [6, 6.07) is 29.6. The number of aryl methyl sites for hydroxylation is 1. The van der Waals surface area contributed by atoms with Gasteiger partial charge in [0.15, 0.2) is 0 Å². The summed E-state index contributed by atoms with van der Waals surface area (Å²) in [6.07, 6.45) is -11.7. The minimum atomic E-state index is -6.06. The van der Waals surface area contributed by atoms with Gasteiger partial charge in [0.25, 0.3) is 23.6 Å². The summed E-state index contributed by atoms with van der Waals surface area (Å²) < 4.78 is 102. The first-order chi connectivity index (χ1) is 27.8. The molecule has 0 unspecified atom stereocenters. The SMILES string of the molecule is CC1=C(/C=C(\C)C(c2ccc3c(c2)C(=O)N(C)C3=O)(C(F)(F)F)C(F)(F)F)C(=O)N(c2ccc(Oc3ccc(-c4ccc(Oc5ccc(C)cc5)cc4)cc3)cc2)C1=O. The van der Waals surface area contributed by atoms with Gasteiger partial charge in [-0.05, 0) is 122 Å². The van der Waals surface area contributed by atoms with Gasteiger partial charge in [-0.3, -0.25) is 24.1 Å². The highest BCUT2D eigenvalue weighted by Crippen LogP contribution is 2.57. The monoisotopic (exact) mass is 810 g/mol. The molecule has 7 rings (SSSR count). The third-order valence-corrected chi connectivity index (χ3v) is 10.3. The van der Waals surface area contributed by atoms with Crippen molar-refractivity contribution in [2.45, 2.75) is 38.5 Å². The van der Waals surface area contributed by atoms with E-state index < -0.39 is 69.2 Å². The minimum absolute atomic E-state index is 0.0123. The number of allylic oxidation sites excluding steroid dienone is 1. The number of carbonyl (C=O) groups excluding carboxylic acids is 4. The molecule has 2 aliphatic heterocycles. The van der Waals surface area contributed by atoms with Crippen LogP contribution in [-0.4, -0.2) is 47.9 Å². The van der Waals surface area contributed by atoms with E-state index in [1.807, 2.05) is 67.6 Å². The van der Waals surface area contributed by atoms with Crippen LogP contribution in [0.3, 0.4) is 0 Å². The lowest BCUT2D eigenvalue weighted by Crippen LogP contribution is -2.55. The standard InChI is InChI=1S/C45H32F6N2O6/c1-25-5-14-32(15-6-25)58-33-16-7-28(8-17-33)29-9-18-34(19-10-29)59-35-20-12-31(13-21-35)53-39(54)27(3)37(42(53)57)23-26(2)43(44(46,47)48,45(49,50)51)30-11-22-36-38(24-30)41(56)52(4)40(36)55/h5-24H,1-4H3/b26-23+. The number of ether oxygens (including phenoxy) is 2. The van der Waals surface area contributed by atoms with Crippen molar-refractivity contribution < 1.29 is 55.0 Å². The second-order valence-corrected chi connectivity index (χ2v) is 14.0. The fourth-order valence-corrected chi connectivity index (χ4v) is 7.12. The lowest BCUT2D eigenvalue weighted by atomic mass is 9.71. The van der Waals surface area contributed by atoms with Crippen LogP contribution in [0.4, 0.5) is 32.0 Å². The zero-order chi connectivity index (χ0) is 42.6. The number of benzene rings is 5. The number of anilines is 1. The van der Waals surface area contributed by atoms with Gasteiger partial charge in [0.1, 0.15) is 23.0 Å². The Kier molecular flexibility index (Phi) is 10.1. The van der Waals surface area contributed by atoms with Gasteiger partial charge in [-0.15, -0.1) is 0 Å². The molecule has 0 radical (unpaired) electrons. The Morgan fingerprint density at radius 1 is 0.559 bits per heavy atom. The summed E-state index contributed by atoms with van der Waals surface area (Å²) in [6.45, 7) is 3.66. The van der Waals surface area contributed by atoms with E-state index >= 15 is 0 Å². The highest BCUT2D eigenvalue weighted by Gasteiger charge is 2.72. The Morgan fingerprint density at radius 2 is 1.00 bits per heavy atom. The van der Waals surface area contributed by atoms with E-state index in [1.54, 1.807) is 12.1 Å². The number of rotatable bonds is 9. The molecule has 300 valence electrons. The van der Waals surface area contributed by atoms with Gasteiger partial charge in [0.05, 0.1) is 16.8 Å². The van der Waals surface area contributed by atoms with Crippen molar-refractivity contribution >= 4 is 29.3 Å². The van der Waals surface area contributed by atoms with Gasteiger partial charge in [-0.25, -0.2) is 4.90 Å². The number of amides is 4. The maximum Gasteiger partial charge on any atom is 0.410 e. The molecule has 0 saturated carbocycles. The predicted octanol–water partition coefficient (Wildman–Crippen LogP) is 10.7. The van der Waals surface area contributed by atoms with E-state index in [-0.39, 0.29) is 11.3 Å². The second kappa shape index (κ2) is 14.8. The molecule has 0 saturated heterocycles. The zero-order valence-electron chi connectivity index (χ0n) is 31.7. The minimum Gasteiger partial charge on any atom is -0.457 e. The molecule has 2 aliphatic rings. The van der Waals surface area contributed by atoms with E-state index in [0.29, 0.717) is 52.2 Å². The summed E-state index contributed by atoms with van der Waals surface area (Å²) in [5, 5.41) is 0. The number of alkyl halides is 6. The van der Waals surface area contributed by atoms with Crippen molar-refractivity contribution in [3.63, 3.8) is 0 Å².